The van der Waals surface area contributed by atoms with Crippen LogP contribution in [0, 0.1) is 0 Å². The Morgan fingerprint density at radius 1 is 1.07 bits per heavy atom. The molecule has 0 radical (unpaired) electrons. The van der Waals surface area contributed by atoms with Crippen molar-refractivity contribution in [2.75, 3.05) is 4.90 Å². The smallest absolute Gasteiger partial charge is 0.184 e. The molecule has 3 heterocycles. The fourth-order valence-corrected chi connectivity index (χ4v) is 3.93. The first-order chi connectivity index (χ1) is 13.2. The molecule has 27 heavy (non-hydrogen) atoms. The topological polar surface area (TPSA) is 59.7 Å². The lowest BCUT2D eigenvalue weighted by molar-refractivity contribution is 0.664. The zero-order chi connectivity index (χ0) is 18.4. The first-order valence-corrected chi connectivity index (χ1v) is 9.25. The van der Waals surface area contributed by atoms with Gasteiger partial charge in [0.25, 0.3) is 0 Å². The first kappa shape index (κ1) is 16.2. The largest absolute Gasteiger partial charge is 0.321 e. The lowest BCUT2D eigenvalue weighted by Crippen LogP contribution is -2.25. The van der Waals surface area contributed by atoms with Crippen molar-refractivity contribution in [3.63, 3.8) is 0 Å². The second-order valence-corrected chi connectivity index (χ2v) is 7.17. The number of hydrogen-bond donors (Lipinski definition) is 0. The third kappa shape index (κ3) is 2.64. The molecule has 2 aromatic carbocycles. The van der Waals surface area contributed by atoms with E-state index in [0.717, 1.165) is 17.8 Å². The molecular formula is C20H17ClN6. The van der Waals surface area contributed by atoms with Gasteiger partial charge in [0.15, 0.2) is 17.0 Å². The monoisotopic (exact) mass is 376 g/mol. The summed E-state index contributed by atoms with van der Waals surface area (Å²) in [5.41, 5.74) is 4.88. The number of aromatic nitrogens is 5. The minimum Gasteiger partial charge on any atom is -0.321 e. The molecular weight excluding hydrogens is 360 g/mol. The van der Waals surface area contributed by atoms with Gasteiger partial charge < -0.3 is 4.90 Å². The molecule has 7 heteroatoms. The predicted octanol–water partition coefficient (Wildman–Crippen LogP) is 4.01. The van der Waals surface area contributed by atoms with Crippen molar-refractivity contribution in [2.24, 2.45) is 0 Å². The maximum absolute atomic E-state index is 6.30. The molecule has 0 fully saturated rings. The van der Waals surface area contributed by atoms with E-state index in [1.54, 1.807) is 11.0 Å². The van der Waals surface area contributed by atoms with Gasteiger partial charge in [0, 0.05) is 16.8 Å². The summed E-state index contributed by atoms with van der Waals surface area (Å²) in [5.74, 6) is 0.794. The molecule has 0 unspecified atom stereocenters. The van der Waals surface area contributed by atoms with E-state index in [1.807, 2.05) is 24.3 Å². The maximum Gasteiger partial charge on any atom is 0.184 e. The molecule has 0 N–H and O–H groups in total. The zero-order valence-electron chi connectivity index (χ0n) is 14.7. The van der Waals surface area contributed by atoms with Crippen LogP contribution in [0.2, 0.25) is 5.02 Å². The van der Waals surface area contributed by atoms with Crippen molar-refractivity contribution >= 4 is 34.3 Å². The van der Waals surface area contributed by atoms with Crippen molar-refractivity contribution in [3.05, 3.63) is 71.0 Å². The van der Waals surface area contributed by atoms with Gasteiger partial charge in [-0.3, -0.25) is 0 Å². The van der Waals surface area contributed by atoms with Gasteiger partial charge in [-0.15, -0.1) is 5.10 Å². The minimum absolute atomic E-state index is 0.300. The van der Waals surface area contributed by atoms with E-state index in [0.29, 0.717) is 28.8 Å². The Hall–Kier alpha value is -2.99. The van der Waals surface area contributed by atoms with E-state index in [-0.39, 0.29) is 0 Å². The van der Waals surface area contributed by atoms with E-state index in [4.69, 9.17) is 11.6 Å². The Morgan fingerprint density at radius 3 is 2.78 bits per heavy atom. The number of nitrogens with zero attached hydrogens (tertiary/aromatic N) is 6. The number of fused-ring (bicyclic) bond motifs is 2. The summed E-state index contributed by atoms with van der Waals surface area (Å²) >= 11 is 6.30. The SMILES string of the molecule is C[C@H]1Cc2ccccc2N1c1ncnc2c1nnn2Cc1ccccc1Cl. The number of benzene rings is 2. The Kier molecular flexibility index (Phi) is 3.79. The Bertz CT molecular complexity index is 1140. The van der Waals surface area contributed by atoms with Crippen molar-refractivity contribution < 1.29 is 0 Å². The summed E-state index contributed by atoms with van der Waals surface area (Å²) < 4.78 is 1.77. The highest BCUT2D eigenvalue weighted by molar-refractivity contribution is 6.31. The van der Waals surface area contributed by atoms with Crippen LogP contribution in [0.4, 0.5) is 11.5 Å². The van der Waals surface area contributed by atoms with Crippen LogP contribution in [0.1, 0.15) is 18.1 Å². The summed E-state index contributed by atoms with van der Waals surface area (Å²) in [7, 11) is 0. The Morgan fingerprint density at radius 2 is 1.89 bits per heavy atom. The summed E-state index contributed by atoms with van der Waals surface area (Å²) in [6.07, 6.45) is 2.56. The zero-order valence-corrected chi connectivity index (χ0v) is 15.5. The van der Waals surface area contributed by atoms with Crippen molar-refractivity contribution in [1.82, 2.24) is 25.0 Å². The molecule has 1 atom stereocenters. The van der Waals surface area contributed by atoms with Crippen molar-refractivity contribution in [3.8, 4) is 0 Å². The van der Waals surface area contributed by atoms with E-state index in [1.165, 1.54) is 11.3 Å². The van der Waals surface area contributed by atoms with Gasteiger partial charge in [0.2, 0.25) is 0 Å². The van der Waals surface area contributed by atoms with Crippen LogP contribution >= 0.6 is 11.6 Å². The van der Waals surface area contributed by atoms with Crippen molar-refractivity contribution in [2.45, 2.75) is 25.9 Å². The van der Waals surface area contributed by atoms with Crippen LogP contribution < -0.4 is 4.90 Å². The molecule has 0 amide bonds. The standard InChI is InChI=1S/C20H17ClN6/c1-13-10-14-6-3-5-9-17(14)27(13)20-18-19(22-12-23-20)26(25-24-18)11-15-7-2-4-8-16(15)21/h2-9,12-13H,10-11H2,1H3/t13-/m0/s1. The van der Waals surface area contributed by atoms with Crippen LogP contribution in [0.25, 0.3) is 11.2 Å². The number of hydrogen-bond acceptors (Lipinski definition) is 5. The number of para-hydroxylation sites is 1. The number of halogens is 1. The van der Waals surface area contributed by atoms with E-state index >= 15 is 0 Å². The molecule has 4 aromatic rings. The van der Waals surface area contributed by atoms with Crippen LogP contribution in [-0.2, 0) is 13.0 Å². The average Bonchev–Trinajstić information content (AvgIpc) is 3.24. The first-order valence-electron chi connectivity index (χ1n) is 8.87. The fraction of sp³-hybridized carbons (Fsp3) is 0.200. The molecule has 0 aliphatic carbocycles. The average molecular weight is 377 g/mol. The highest BCUT2D eigenvalue weighted by Gasteiger charge is 2.30. The third-order valence-corrected chi connectivity index (χ3v) is 5.36. The molecule has 0 spiro atoms. The molecule has 2 aromatic heterocycles. The minimum atomic E-state index is 0.300. The molecule has 0 saturated heterocycles. The van der Waals surface area contributed by atoms with Crippen LogP contribution in [0.15, 0.2) is 54.9 Å². The molecule has 1 aliphatic heterocycles. The maximum atomic E-state index is 6.30. The molecule has 6 nitrogen and oxygen atoms in total. The summed E-state index contributed by atoms with van der Waals surface area (Å²) in [6, 6.07) is 16.5. The van der Waals surface area contributed by atoms with Gasteiger partial charge in [0.05, 0.1) is 6.54 Å². The van der Waals surface area contributed by atoms with E-state index in [9.17, 15) is 0 Å². The highest BCUT2D eigenvalue weighted by atomic mass is 35.5. The van der Waals surface area contributed by atoms with Gasteiger partial charge in [-0.2, -0.15) is 0 Å². The van der Waals surface area contributed by atoms with Gasteiger partial charge in [0.1, 0.15) is 6.33 Å². The van der Waals surface area contributed by atoms with Gasteiger partial charge in [-0.1, -0.05) is 53.2 Å². The lowest BCUT2D eigenvalue weighted by Gasteiger charge is -2.23. The molecule has 1 aliphatic rings. The normalized spacial score (nSPS) is 16.1. The number of anilines is 2. The second kappa shape index (κ2) is 6.32. The number of rotatable bonds is 3. The van der Waals surface area contributed by atoms with Gasteiger partial charge in [-0.25, -0.2) is 14.6 Å². The predicted molar refractivity (Wildman–Crippen MR) is 105 cm³/mol. The molecule has 0 bridgehead atoms. The van der Waals surface area contributed by atoms with Crippen molar-refractivity contribution in [1.29, 1.82) is 0 Å². The third-order valence-electron chi connectivity index (χ3n) is 4.99. The highest BCUT2D eigenvalue weighted by Crippen LogP contribution is 2.39. The fourth-order valence-electron chi connectivity index (χ4n) is 3.74. The molecule has 0 saturated carbocycles. The summed E-state index contributed by atoms with van der Waals surface area (Å²) in [4.78, 5) is 11.2. The Balaban J connectivity index is 1.60. The van der Waals surface area contributed by atoms with Crippen LogP contribution in [0.5, 0.6) is 0 Å². The van der Waals surface area contributed by atoms with Gasteiger partial charge in [-0.05, 0) is 36.6 Å². The quantitative estimate of drug-likeness (QED) is 0.540. The van der Waals surface area contributed by atoms with Crippen LogP contribution in [0.3, 0.4) is 0 Å². The molecule has 5 rings (SSSR count). The lowest BCUT2D eigenvalue weighted by atomic mass is 10.1. The van der Waals surface area contributed by atoms with Crippen LogP contribution in [-0.4, -0.2) is 31.0 Å². The summed E-state index contributed by atoms with van der Waals surface area (Å²) in [5, 5.41) is 9.43. The van der Waals surface area contributed by atoms with E-state index < -0.39 is 0 Å². The van der Waals surface area contributed by atoms with E-state index in [2.05, 4.69) is 56.4 Å². The van der Waals surface area contributed by atoms with Gasteiger partial charge >= 0.3 is 0 Å². The Labute approximate surface area is 161 Å². The summed E-state index contributed by atoms with van der Waals surface area (Å²) in [6.45, 7) is 2.71. The second-order valence-electron chi connectivity index (χ2n) is 6.76. The molecule has 134 valence electrons.